The smallest absolute Gasteiger partial charge is 0.236 e. The Morgan fingerprint density at radius 2 is 2.40 bits per heavy atom. The minimum atomic E-state index is -0.171. The van der Waals surface area contributed by atoms with Gasteiger partial charge in [-0.1, -0.05) is 12.2 Å². The Hall–Kier alpha value is -1.30. The van der Waals surface area contributed by atoms with Gasteiger partial charge in [0, 0.05) is 5.92 Å². The van der Waals surface area contributed by atoms with Crippen LogP contribution < -0.4 is 5.32 Å². The molecule has 3 heteroatoms. The number of nitriles is 1. The van der Waals surface area contributed by atoms with E-state index in [0.29, 0.717) is 0 Å². The summed E-state index contributed by atoms with van der Waals surface area (Å²) in [4.78, 5) is 10.8. The van der Waals surface area contributed by atoms with E-state index in [4.69, 9.17) is 5.26 Å². The van der Waals surface area contributed by atoms with Crippen molar-refractivity contribution in [3.8, 4) is 6.19 Å². The summed E-state index contributed by atoms with van der Waals surface area (Å²) in [6.45, 7) is 3.69. The Bertz CT molecular complexity index is 206. The Kier molecular flexibility index (Phi) is 1.72. The molecule has 1 amide bonds. The molecule has 0 saturated heterocycles. The SMILES string of the molecule is C=C1CC(C(=O)NC#N)C1. The standard InChI is InChI=1S/C7H8N2O/c1-5-2-6(3-5)7(10)9-4-8/h6H,1-3H2,(H,9,10). The summed E-state index contributed by atoms with van der Waals surface area (Å²) in [5, 5.41) is 10.2. The number of carbonyl (C=O) groups is 1. The Morgan fingerprint density at radius 3 is 2.80 bits per heavy atom. The number of amides is 1. The first-order valence-electron chi connectivity index (χ1n) is 3.09. The van der Waals surface area contributed by atoms with Gasteiger partial charge < -0.3 is 0 Å². The lowest BCUT2D eigenvalue weighted by Gasteiger charge is -2.25. The average Bonchev–Trinajstić information content (AvgIpc) is 1.82. The fourth-order valence-corrected chi connectivity index (χ4v) is 0.980. The molecule has 0 heterocycles. The summed E-state index contributed by atoms with van der Waals surface area (Å²) in [6.07, 6.45) is 3.09. The molecule has 0 aromatic heterocycles. The molecule has 1 saturated carbocycles. The highest BCUT2D eigenvalue weighted by Gasteiger charge is 2.27. The topological polar surface area (TPSA) is 52.9 Å². The van der Waals surface area contributed by atoms with Gasteiger partial charge >= 0.3 is 0 Å². The molecule has 0 spiro atoms. The van der Waals surface area contributed by atoms with Crippen molar-refractivity contribution in [1.29, 1.82) is 5.26 Å². The molecule has 0 unspecified atom stereocenters. The highest BCUT2D eigenvalue weighted by atomic mass is 16.1. The van der Waals surface area contributed by atoms with Crippen LogP contribution in [0.4, 0.5) is 0 Å². The molecule has 1 N–H and O–H groups in total. The fraction of sp³-hybridized carbons (Fsp3) is 0.429. The normalized spacial score (nSPS) is 17.3. The monoisotopic (exact) mass is 136 g/mol. The Morgan fingerprint density at radius 1 is 1.80 bits per heavy atom. The largest absolute Gasteiger partial charge is 0.274 e. The first-order chi connectivity index (χ1) is 4.74. The van der Waals surface area contributed by atoms with Crippen LogP contribution in [0.15, 0.2) is 12.2 Å². The molecule has 1 fully saturated rings. The van der Waals surface area contributed by atoms with Crippen molar-refractivity contribution < 1.29 is 4.79 Å². The number of carbonyl (C=O) groups excluding carboxylic acids is 1. The van der Waals surface area contributed by atoms with Gasteiger partial charge in [0.05, 0.1) is 0 Å². The highest BCUT2D eigenvalue weighted by molar-refractivity contribution is 5.81. The van der Waals surface area contributed by atoms with E-state index in [1.54, 1.807) is 6.19 Å². The lowest BCUT2D eigenvalue weighted by atomic mass is 9.80. The second kappa shape index (κ2) is 2.53. The molecular weight excluding hydrogens is 128 g/mol. The molecule has 1 aliphatic rings. The molecule has 52 valence electrons. The van der Waals surface area contributed by atoms with Crippen LogP contribution in [-0.2, 0) is 4.79 Å². The molecule has 0 aromatic rings. The van der Waals surface area contributed by atoms with Crippen molar-refractivity contribution in [1.82, 2.24) is 5.32 Å². The van der Waals surface area contributed by atoms with Gasteiger partial charge in [-0.3, -0.25) is 10.1 Å². The maximum absolute atomic E-state index is 10.8. The van der Waals surface area contributed by atoms with E-state index in [1.165, 1.54) is 0 Å². The van der Waals surface area contributed by atoms with E-state index in [0.717, 1.165) is 18.4 Å². The maximum atomic E-state index is 10.8. The van der Waals surface area contributed by atoms with Gasteiger partial charge in [-0.25, -0.2) is 0 Å². The van der Waals surface area contributed by atoms with Gasteiger partial charge in [-0.15, -0.1) is 0 Å². The third-order valence-electron chi connectivity index (χ3n) is 1.62. The fourth-order valence-electron chi connectivity index (χ4n) is 0.980. The van der Waals surface area contributed by atoms with Crippen LogP contribution in [0, 0.1) is 17.4 Å². The van der Waals surface area contributed by atoms with E-state index in [1.807, 2.05) is 0 Å². The summed E-state index contributed by atoms with van der Waals surface area (Å²) in [6, 6.07) is 0. The summed E-state index contributed by atoms with van der Waals surface area (Å²) in [5.74, 6) is -0.165. The number of hydrogen-bond donors (Lipinski definition) is 1. The quantitative estimate of drug-likeness (QED) is 0.325. The van der Waals surface area contributed by atoms with Gasteiger partial charge in [-0.2, -0.15) is 5.26 Å². The number of rotatable bonds is 1. The Labute approximate surface area is 59.3 Å². The average molecular weight is 136 g/mol. The van der Waals surface area contributed by atoms with Crippen molar-refractivity contribution in [3.05, 3.63) is 12.2 Å². The van der Waals surface area contributed by atoms with E-state index < -0.39 is 0 Å². The van der Waals surface area contributed by atoms with E-state index in [9.17, 15) is 4.79 Å². The van der Waals surface area contributed by atoms with Crippen LogP contribution in [0.3, 0.4) is 0 Å². The van der Waals surface area contributed by atoms with Gasteiger partial charge in [0.2, 0.25) is 5.91 Å². The first-order valence-corrected chi connectivity index (χ1v) is 3.09. The van der Waals surface area contributed by atoms with Crippen LogP contribution in [0.1, 0.15) is 12.8 Å². The molecular formula is C7H8N2O. The lowest BCUT2D eigenvalue weighted by Crippen LogP contribution is -2.32. The zero-order chi connectivity index (χ0) is 7.56. The van der Waals surface area contributed by atoms with E-state index >= 15 is 0 Å². The zero-order valence-electron chi connectivity index (χ0n) is 5.55. The van der Waals surface area contributed by atoms with Gasteiger partial charge in [0.25, 0.3) is 0 Å². The lowest BCUT2D eigenvalue weighted by molar-refractivity contribution is -0.124. The van der Waals surface area contributed by atoms with Gasteiger partial charge in [-0.05, 0) is 12.8 Å². The number of allylic oxidation sites excluding steroid dienone is 1. The van der Waals surface area contributed by atoms with Gasteiger partial charge in [0.15, 0.2) is 6.19 Å². The predicted octanol–water partition coefficient (Wildman–Crippen LogP) is 0.550. The molecule has 1 aliphatic carbocycles. The van der Waals surface area contributed by atoms with Crippen molar-refractivity contribution >= 4 is 5.91 Å². The van der Waals surface area contributed by atoms with Crippen LogP contribution in [0.2, 0.25) is 0 Å². The van der Waals surface area contributed by atoms with E-state index in [2.05, 4.69) is 11.9 Å². The molecule has 0 radical (unpaired) electrons. The Balaban J connectivity index is 2.32. The third-order valence-corrected chi connectivity index (χ3v) is 1.62. The molecule has 0 aliphatic heterocycles. The maximum Gasteiger partial charge on any atom is 0.236 e. The molecule has 10 heavy (non-hydrogen) atoms. The molecule has 0 bridgehead atoms. The summed E-state index contributed by atoms with van der Waals surface area (Å²) >= 11 is 0. The minimum absolute atomic E-state index is 0.00662. The van der Waals surface area contributed by atoms with Crippen molar-refractivity contribution in [2.24, 2.45) is 5.92 Å². The summed E-state index contributed by atoms with van der Waals surface area (Å²) in [7, 11) is 0. The third kappa shape index (κ3) is 1.16. The molecule has 3 nitrogen and oxygen atoms in total. The molecule has 1 rings (SSSR count). The van der Waals surface area contributed by atoms with Gasteiger partial charge in [0.1, 0.15) is 0 Å². The zero-order valence-corrected chi connectivity index (χ0v) is 5.55. The van der Waals surface area contributed by atoms with Crippen LogP contribution in [-0.4, -0.2) is 5.91 Å². The van der Waals surface area contributed by atoms with E-state index in [-0.39, 0.29) is 11.8 Å². The number of hydrogen-bond acceptors (Lipinski definition) is 2. The summed E-state index contributed by atoms with van der Waals surface area (Å²) < 4.78 is 0. The van der Waals surface area contributed by atoms with Crippen molar-refractivity contribution in [3.63, 3.8) is 0 Å². The van der Waals surface area contributed by atoms with Crippen LogP contribution in [0.25, 0.3) is 0 Å². The molecule has 0 aromatic carbocycles. The molecule has 0 atom stereocenters. The number of nitrogens with one attached hydrogen (secondary N) is 1. The first kappa shape index (κ1) is 6.81. The summed E-state index contributed by atoms with van der Waals surface area (Å²) in [5.41, 5.74) is 1.10. The minimum Gasteiger partial charge on any atom is -0.274 e. The highest BCUT2D eigenvalue weighted by Crippen LogP contribution is 2.30. The van der Waals surface area contributed by atoms with Crippen LogP contribution >= 0.6 is 0 Å². The predicted molar refractivity (Wildman–Crippen MR) is 35.6 cm³/mol. The second-order valence-electron chi connectivity index (χ2n) is 2.46. The van der Waals surface area contributed by atoms with Crippen LogP contribution in [0.5, 0.6) is 0 Å². The second-order valence-corrected chi connectivity index (χ2v) is 2.46. The number of nitrogens with zero attached hydrogens (tertiary/aromatic N) is 1. The van der Waals surface area contributed by atoms with Crippen molar-refractivity contribution in [2.75, 3.05) is 0 Å². The van der Waals surface area contributed by atoms with Crippen molar-refractivity contribution in [2.45, 2.75) is 12.8 Å².